The third-order valence-electron chi connectivity index (χ3n) is 5.01. The van der Waals surface area contributed by atoms with E-state index in [9.17, 15) is 4.79 Å². The lowest BCUT2D eigenvalue weighted by atomic mass is 10.1. The minimum absolute atomic E-state index is 0.157. The van der Waals surface area contributed by atoms with Crippen LogP contribution in [0.5, 0.6) is 5.75 Å². The Morgan fingerprint density at radius 2 is 1.85 bits per heavy atom. The Balaban J connectivity index is 1.44. The molecule has 0 radical (unpaired) electrons. The molecule has 0 saturated carbocycles. The van der Waals surface area contributed by atoms with Crippen molar-refractivity contribution in [2.24, 2.45) is 0 Å². The van der Waals surface area contributed by atoms with Gasteiger partial charge in [-0.1, -0.05) is 40.5 Å². The van der Waals surface area contributed by atoms with Crippen LogP contribution in [0.25, 0.3) is 0 Å². The van der Waals surface area contributed by atoms with Gasteiger partial charge in [0.15, 0.2) is 11.5 Å². The SMILES string of the molecule is Cc1cc(C)cc(OCc2c(C(=O)Nc3ccn(Cc4ccc(Cl)cc4Cl)n3)noc2C)c1. The highest BCUT2D eigenvalue weighted by atomic mass is 35.5. The van der Waals surface area contributed by atoms with Crippen LogP contribution in [0.1, 0.15) is 38.5 Å². The minimum Gasteiger partial charge on any atom is -0.489 e. The van der Waals surface area contributed by atoms with Gasteiger partial charge in [0, 0.05) is 22.3 Å². The maximum absolute atomic E-state index is 12.9. The fourth-order valence-electron chi connectivity index (χ4n) is 3.43. The van der Waals surface area contributed by atoms with Crippen molar-refractivity contribution in [3.63, 3.8) is 0 Å². The second-order valence-corrected chi connectivity index (χ2v) is 8.61. The third-order valence-corrected chi connectivity index (χ3v) is 5.59. The number of aryl methyl sites for hydroxylation is 3. The smallest absolute Gasteiger partial charge is 0.279 e. The number of carbonyl (C=O) groups is 1. The number of nitrogens with zero attached hydrogens (tertiary/aromatic N) is 3. The molecule has 4 rings (SSSR count). The summed E-state index contributed by atoms with van der Waals surface area (Å²) in [7, 11) is 0. The molecule has 4 aromatic rings. The summed E-state index contributed by atoms with van der Waals surface area (Å²) in [6.07, 6.45) is 1.75. The third kappa shape index (κ3) is 5.56. The number of nitrogens with one attached hydrogen (secondary N) is 1. The summed E-state index contributed by atoms with van der Waals surface area (Å²) in [5.74, 6) is 1.19. The Bertz CT molecular complexity index is 1290. The van der Waals surface area contributed by atoms with Crippen LogP contribution in [-0.2, 0) is 13.2 Å². The predicted octanol–water partition coefficient (Wildman–Crippen LogP) is 5.98. The van der Waals surface area contributed by atoms with Crippen molar-refractivity contribution in [2.45, 2.75) is 33.9 Å². The first-order chi connectivity index (χ1) is 15.8. The van der Waals surface area contributed by atoms with Crippen molar-refractivity contribution in [3.05, 3.63) is 92.4 Å². The summed E-state index contributed by atoms with van der Waals surface area (Å²) in [5, 5.41) is 12.2. The zero-order valence-corrected chi connectivity index (χ0v) is 19.9. The highest BCUT2D eigenvalue weighted by molar-refractivity contribution is 6.35. The zero-order chi connectivity index (χ0) is 23.5. The van der Waals surface area contributed by atoms with E-state index in [4.69, 9.17) is 32.5 Å². The molecule has 170 valence electrons. The molecule has 7 nitrogen and oxygen atoms in total. The number of ether oxygens (including phenoxy) is 1. The Morgan fingerprint density at radius 1 is 1.09 bits per heavy atom. The zero-order valence-electron chi connectivity index (χ0n) is 18.4. The van der Waals surface area contributed by atoms with Crippen LogP contribution in [0, 0.1) is 20.8 Å². The second-order valence-electron chi connectivity index (χ2n) is 7.77. The lowest BCUT2D eigenvalue weighted by Crippen LogP contribution is -2.16. The number of benzene rings is 2. The van der Waals surface area contributed by atoms with E-state index in [1.165, 1.54) is 0 Å². The molecule has 1 N–H and O–H groups in total. The Hall–Kier alpha value is -3.29. The van der Waals surface area contributed by atoms with E-state index in [0.717, 1.165) is 22.4 Å². The number of carbonyl (C=O) groups excluding carboxylic acids is 1. The quantitative estimate of drug-likeness (QED) is 0.348. The van der Waals surface area contributed by atoms with Crippen LogP contribution in [0.4, 0.5) is 5.82 Å². The fraction of sp³-hybridized carbons (Fsp3) is 0.208. The number of aromatic nitrogens is 3. The van der Waals surface area contributed by atoms with E-state index < -0.39 is 5.91 Å². The average Bonchev–Trinajstić information content (AvgIpc) is 3.34. The number of amides is 1. The summed E-state index contributed by atoms with van der Waals surface area (Å²) >= 11 is 12.2. The lowest BCUT2D eigenvalue weighted by molar-refractivity contribution is 0.101. The van der Waals surface area contributed by atoms with Gasteiger partial charge in [-0.3, -0.25) is 9.48 Å². The topological polar surface area (TPSA) is 82.2 Å². The molecule has 0 aliphatic rings. The maximum Gasteiger partial charge on any atom is 0.279 e. The number of halogens is 2. The molecule has 33 heavy (non-hydrogen) atoms. The number of hydrogen-bond donors (Lipinski definition) is 1. The van der Waals surface area contributed by atoms with Gasteiger partial charge in [0.1, 0.15) is 18.1 Å². The maximum atomic E-state index is 12.9. The lowest BCUT2D eigenvalue weighted by Gasteiger charge is -2.08. The van der Waals surface area contributed by atoms with Crippen molar-refractivity contribution in [1.82, 2.24) is 14.9 Å². The minimum atomic E-state index is -0.430. The predicted molar refractivity (Wildman–Crippen MR) is 127 cm³/mol. The number of rotatable bonds is 7. The van der Waals surface area contributed by atoms with E-state index in [-0.39, 0.29) is 12.3 Å². The van der Waals surface area contributed by atoms with Gasteiger partial charge in [-0.2, -0.15) is 5.10 Å². The average molecular weight is 485 g/mol. The first-order valence-corrected chi connectivity index (χ1v) is 11.0. The fourth-order valence-corrected chi connectivity index (χ4v) is 3.90. The van der Waals surface area contributed by atoms with Gasteiger partial charge in [0.2, 0.25) is 0 Å². The first-order valence-electron chi connectivity index (χ1n) is 10.2. The molecule has 2 aromatic heterocycles. The normalized spacial score (nSPS) is 10.9. The van der Waals surface area contributed by atoms with Gasteiger partial charge in [0.25, 0.3) is 5.91 Å². The van der Waals surface area contributed by atoms with E-state index in [1.54, 1.807) is 36.0 Å². The van der Waals surface area contributed by atoms with Crippen molar-refractivity contribution < 1.29 is 14.1 Å². The van der Waals surface area contributed by atoms with Crippen LogP contribution in [0.15, 0.2) is 53.2 Å². The van der Waals surface area contributed by atoms with Gasteiger partial charge in [-0.25, -0.2) is 0 Å². The van der Waals surface area contributed by atoms with Crippen molar-refractivity contribution in [2.75, 3.05) is 5.32 Å². The number of anilines is 1. The molecular weight excluding hydrogens is 463 g/mol. The van der Waals surface area contributed by atoms with E-state index in [0.29, 0.717) is 33.7 Å². The summed E-state index contributed by atoms with van der Waals surface area (Å²) in [6.45, 7) is 6.34. The molecule has 0 saturated heterocycles. The first kappa shape index (κ1) is 22.9. The second kappa shape index (κ2) is 9.68. The van der Waals surface area contributed by atoms with Gasteiger partial charge in [0.05, 0.1) is 12.1 Å². The largest absolute Gasteiger partial charge is 0.489 e. The highest BCUT2D eigenvalue weighted by Gasteiger charge is 2.21. The standard InChI is InChI=1S/C24H22Cl2N4O3/c1-14-8-15(2)10-19(9-14)32-13-20-16(3)33-29-23(20)24(31)27-22-6-7-30(28-22)12-17-4-5-18(25)11-21(17)26/h4-11H,12-13H2,1-3H3,(H,27,28,31). The molecule has 2 aromatic carbocycles. The molecule has 0 unspecified atom stereocenters. The van der Waals surface area contributed by atoms with Crippen molar-refractivity contribution in [1.29, 1.82) is 0 Å². The summed E-state index contributed by atoms with van der Waals surface area (Å²) in [6, 6.07) is 12.9. The monoisotopic (exact) mass is 484 g/mol. The van der Waals surface area contributed by atoms with Crippen LogP contribution in [-0.4, -0.2) is 20.8 Å². The van der Waals surface area contributed by atoms with Gasteiger partial charge < -0.3 is 14.6 Å². The van der Waals surface area contributed by atoms with Gasteiger partial charge in [-0.05, 0) is 61.7 Å². The van der Waals surface area contributed by atoms with Crippen molar-refractivity contribution in [3.8, 4) is 5.75 Å². The van der Waals surface area contributed by atoms with Gasteiger partial charge >= 0.3 is 0 Å². The Labute approximate surface area is 201 Å². The molecule has 0 spiro atoms. The molecule has 1 amide bonds. The molecule has 2 heterocycles. The molecular formula is C24H22Cl2N4O3. The summed E-state index contributed by atoms with van der Waals surface area (Å²) < 4.78 is 12.8. The van der Waals surface area contributed by atoms with E-state index >= 15 is 0 Å². The van der Waals surface area contributed by atoms with E-state index in [1.807, 2.05) is 32.0 Å². The summed E-state index contributed by atoms with van der Waals surface area (Å²) in [5.41, 5.74) is 3.80. The number of hydrogen-bond acceptors (Lipinski definition) is 5. The van der Waals surface area contributed by atoms with Crippen LogP contribution in [0.2, 0.25) is 10.0 Å². The van der Waals surface area contributed by atoms with Crippen LogP contribution >= 0.6 is 23.2 Å². The molecule has 0 atom stereocenters. The molecule has 0 aliphatic carbocycles. The van der Waals surface area contributed by atoms with Gasteiger partial charge in [-0.15, -0.1) is 0 Å². The molecule has 0 bridgehead atoms. The summed E-state index contributed by atoms with van der Waals surface area (Å²) in [4.78, 5) is 12.9. The van der Waals surface area contributed by atoms with Crippen molar-refractivity contribution >= 4 is 34.9 Å². The van der Waals surface area contributed by atoms with E-state index in [2.05, 4.69) is 21.6 Å². The molecule has 9 heteroatoms. The van der Waals surface area contributed by atoms with Crippen LogP contribution < -0.4 is 10.1 Å². The Morgan fingerprint density at radius 3 is 2.58 bits per heavy atom. The Kier molecular flexibility index (Phi) is 6.72. The highest BCUT2D eigenvalue weighted by Crippen LogP contribution is 2.23. The molecule has 0 aliphatic heterocycles. The molecule has 0 fully saturated rings. The van der Waals surface area contributed by atoms with Crippen LogP contribution in [0.3, 0.4) is 0 Å².